The van der Waals surface area contributed by atoms with Crippen LogP contribution in [0.15, 0.2) is 63.5 Å². The number of hydrogen-bond donors (Lipinski definition) is 0. The molecular formula is C23H18ClN3O5S. The molecule has 1 aromatic heterocycles. The van der Waals surface area contributed by atoms with Gasteiger partial charge < -0.3 is 4.74 Å². The Morgan fingerprint density at radius 1 is 1.24 bits per heavy atom. The van der Waals surface area contributed by atoms with Gasteiger partial charge in [-0.1, -0.05) is 58.8 Å². The molecular weight excluding hydrogens is 466 g/mol. The van der Waals surface area contributed by atoms with Crippen LogP contribution in [-0.4, -0.2) is 22.6 Å². The molecule has 1 atom stereocenters. The molecule has 2 aromatic carbocycles. The number of ether oxygens (including phenoxy) is 1. The summed E-state index contributed by atoms with van der Waals surface area (Å²) in [5, 5.41) is 11.4. The number of rotatable bonds is 4. The molecule has 0 saturated carbocycles. The predicted octanol–water partition coefficient (Wildman–Crippen LogP) is 3.28. The lowest BCUT2D eigenvalue weighted by Crippen LogP contribution is -2.39. The maximum atomic E-state index is 13.5. The molecule has 2 heterocycles. The molecule has 3 aromatic rings. The molecule has 0 fully saturated rings. The molecule has 10 heteroatoms. The number of fused-ring (bicyclic) bond motifs is 1. The van der Waals surface area contributed by atoms with Crippen LogP contribution >= 0.6 is 22.9 Å². The lowest BCUT2D eigenvalue weighted by atomic mass is 9.95. The smallest absolute Gasteiger partial charge is 0.338 e. The van der Waals surface area contributed by atoms with Gasteiger partial charge in [0, 0.05) is 6.07 Å². The number of esters is 1. The molecule has 0 saturated heterocycles. The Hall–Kier alpha value is -3.56. The second-order valence-corrected chi connectivity index (χ2v) is 8.87. The van der Waals surface area contributed by atoms with E-state index in [1.807, 2.05) is 31.2 Å². The third-order valence-electron chi connectivity index (χ3n) is 5.28. The molecule has 168 valence electrons. The van der Waals surface area contributed by atoms with Crippen molar-refractivity contribution in [3.8, 4) is 0 Å². The fraction of sp³-hybridized carbons (Fsp3) is 0.174. The summed E-state index contributed by atoms with van der Waals surface area (Å²) in [7, 11) is 1.23. The van der Waals surface area contributed by atoms with Gasteiger partial charge in [-0.05, 0) is 37.1 Å². The van der Waals surface area contributed by atoms with E-state index < -0.39 is 16.9 Å². The molecule has 0 amide bonds. The molecule has 0 bridgehead atoms. The largest absolute Gasteiger partial charge is 0.466 e. The van der Waals surface area contributed by atoms with Crippen LogP contribution in [0, 0.1) is 17.0 Å². The first-order valence-electron chi connectivity index (χ1n) is 9.82. The van der Waals surface area contributed by atoms with E-state index in [4.69, 9.17) is 16.3 Å². The average Bonchev–Trinajstić information content (AvgIpc) is 3.08. The molecule has 33 heavy (non-hydrogen) atoms. The molecule has 0 N–H and O–H groups in total. The lowest BCUT2D eigenvalue weighted by Gasteiger charge is -2.24. The van der Waals surface area contributed by atoms with Gasteiger partial charge in [-0.15, -0.1) is 0 Å². The third kappa shape index (κ3) is 4.12. The molecule has 1 aliphatic heterocycles. The number of aryl methyl sites for hydroxylation is 1. The first-order valence-corrected chi connectivity index (χ1v) is 11.0. The van der Waals surface area contributed by atoms with Crippen molar-refractivity contribution in [2.75, 3.05) is 7.11 Å². The van der Waals surface area contributed by atoms with Crippen molar-refractivity contribution in [2.24, 2.45) is 4.99 Å². The number of hydrogen-bond acceptors (Lipinski definition) is 7. The summed E-state index contributed by atoms with van der Waals surface area (Å²) in [6, 6.07) is 10.9. The number of allylic oxidation sites excluding steroid dienone is 1. The Morgan fingerprint density at radius 3 is 2.58 bits per heavy atom. The van der Waals surface area contributed by atoms with Crippen LogP contribution in [-0.2, 0) is 9.53 Å². The summed E-state index contributed by atoms with van der Waals surface area (Å²) >= 11 is 7.17. The van der Waals surface area contributed by atoms with Gasteiger partial charge in [0.15, 0.2) is 4.80 Å². The fourth-order valence-electron chi connectivity index (χ4n) is 3.66. The summed E-state index contributed by atoms with van der Waals surface area (Å²) in [5.41, 5.74) is 2.09. The van der Waals surface area contributed by atoms with Gasteiger partial charge in [0.1, 0.15) is 5.02 Å². The lowest BCUT2D eigenvalue weighted by molar-refractivity contribution is -0.384. The number of methoxy groups -OCH3 is 1. The zero-order valence-corrected chi connectivity index (χ0v) is 19.4. The quantitative estimate of drug-likeness (QED) is 0.322. The zero-order chi connectivity index (χ0) is 23.9. The summed E-state index contributed by atoms with van der Waals surface area (Å²) in [5.74, 6) is -0.674. The monoisotopic (exact) mass is 483 g/mol. The number of halogens is 1. The maximum Gasteiger partial charge on any atom is 0.338 e. The molecule has 1 aliphatic rings. The number of nitro benzene ring substituents is 1. The highest BCUT2D eigenvalue weighted by atomic mass is 35.5. The van der Waals surface area contributed by atoms with Gasteiger partial charge in [0.05, 0.1) is 33.9 Å². The van der Waals surface area contributed by atoms with E-state index in [1.54, 1.807) is 19.1 Å². The number of carbonyl (C=O) groups excluding carboxylic acids is 1. The minimum absolute atomic E-state index is 0.0455. The molecule has 0 spiro atoms. The van der Waals surface area contributed by atoms with Gasteiger partial charge in [-0.2, -0.15) is 0 Å². The van der Waals surface area contributed by atoms with E-state index in [0.717, 1.165) is 11.1 Å². The van der Waals surface area contributed by atoms with E-state index in [1.165, 1.54) is 35.1 Å². The Morgan fingerprint density at radius 2 is 1.94 bits per heavy atom. The van der Waals surface area contributed by atoms with Gasteiger partial charge in [0.25, 0.3) is 11.2 Å². The second kappa shape index (κ2) is 8.76. The number of nitrogens with zero attached hydrogens (tertiary/aromatic N) is 3. The predicted molar refractivity (Wildman–Crippen MR) is 125 cm³/mol. The molecule has 4 rings (SSSR count). The number of benzene rings is 2. The van der Waals surface area contributed by atoms with Crippen molar-refractivity contribution in [1.29, 1.82) is 0 Å². The maximum absolute atomic E-state index is 13.5. The van der Waals surface area contributed by atoms with Crippen LogP contribution in [0.4, 0.5) is 5.69 Å². The van der Waals surface area contributed by atoms with Crippen molar-refractivity contribution in [3.63, 3.8) is 0 Å². The third-order valence-corrected chi connectivity index (χ3v) is 6.59. The van der Waals surface area contributed by atoms with Crippen LogP contribution in [0.3, 0.4) is 0 Å². The highest BCUT2D eigenvalue weighted by molar-refractivity contribution is 7.07. The number of nitro groups is 1. The second-order valence-electron chi connectivity index (χ2n) is 7.45. The minimum Gasteiger partial charge on any atom is -0.466 e. The Balaban J connectivity index is 1.99. The van der Waals surface area contributed by atoms with Crippen LogP contribution in [0.1, 0.15) is 29.7 Å². The Kier molecular flexibility index (Phi) is 6.01. The highest BCUT2D eigenvalue weighted by Gasteiger charge is 2.34. The van der Waals surface area contributed by atoms with Crippen LogP contribution in [0.5, 0.6) is 0 Å². The fourth-order valence-corrected chi connectivity index (χ4v) is 4.89. The number of carbonyl (C=O) groups is 1. The van der Waals surface area contributed by atoms with Crippen molar-refractivity contribution in [2.45, 2.75) is 19.9 Å². The van der Waals surface area contributed by atoms with Gasteiger partial charge >= 0.3 is 5.97 Å². The topological polar surface area (TPSA) is 104 Å². The average molecular weight is 484 g/mol. The first-order chi connectivity index (χ1) is 15.7. The van der Waals surface area contributed by atoms with Crippen LogP contribution in [0.2, 0.25) is 5.02 Å². The van der Waals surface area contributed by atoms with E-state index in [2.05, 4.69) is 4.99 Å². The van der Waals surface area contributed by atoms with Crippen molar-refractivity contribution in [1.82, 2.24) is 4.57 Å². The SMILES string of the molecule is COC(=O)C1=C(C)N=c2sc(=Cc3ccc(C)cc3)c(=O)n2C1c1ccc(Cl)c([N+](=O)[O-])c1. The highest BCUT2D eigenvalue weighted by Crippen LogP contribution is 2.34. The molecule has 8 nitrogen and oxygen atoms in total. The Bertz CT molecular complexity index is 1500. The summed E-state index contributed by atoms with van der Waals surface area (Å²) in [6.45, 7) is 3.61. The normalized spacial score (nSPS) is 15.8. The summed E-state index contributed by atoms with van der Waals surface area (Å²) < 4.78 is 6.74. The molecule has 0 aliphatic carbocycles. The van der Waals surface area contributed by atoms with Crippen LogP contribution < -0.4 is 14.9 Å². The zero-order valence-electron chi connectivity index (χ0n) is 17.9. The van der Waals surface area contributed by atoms with E-state index >= 15 is 0 Å². The van der Waals surface area contributed by atoms with E-state index in [-0.39, 0.29) is 21.8 Å². The number of thiazole rings is 1. The van der Waals surface area contributed by atoms with Gasteiger partial charge in [-0.3, -0.25) is 19.5 Å². The van der Waals surface area contributed by atoms with E-state index in [0.29, 0.717) is 20.6 Å². The first kappa shape index (κ1) is 22.6. The summed E-state index contributed by atoms with van der Waals surface area (Å²) in [4.78, 5) is 41.8. The summed E-state index contributed by atoms with van der Waals surface area (Å²) in [6.07, 6.45) is 1.75. The molecule has 0 radical (unpaired) electrons. The van der Waals surface area contributed by atoms with Crippen molar-refractivity contribution in [3.05, 3.63) is 105 Å². The van der Waals surface area contributed by atoms with Crippen molar-refractivity contribution >= 4 is 40.7 Å². The van der Waals surface area contributed by atoms with Crippen molar-refractivity contribution < 1.29 is 14.5 Å². The standard InChI is InChI=1S/C23H18ClN3O5S/c1-12-4-6-14(7-5-12)10-18-21(28)26-20(15-8-9-16(24)17(11-15)27(30)31)19(22(29)32-3)13(2)25-23(26)33-18/h4-11,20H,1-3H3. The minimum atomic E-state index is -0.954. The van der Waals surface area contributed by atoms with E-state index in [9.17, 15) is 19.7 Å². The Labute approximate surface area is 196 Å². The number of aromatic nitrogens is 1. The van der Waals surface area contributed by atoms with Gasteiger partial charge in [-0.25, -0.2) is 9.79 Å². The molecule has 1 unspecified atom stereocenters. The van der Waals surface area contributed by atoms with Gasteiger partial charge in [0.2, 0.25) is 0 Å². The van der Waals surface area contributed by atoms with Crippen LogP contribution in [0.25, 0.3) is 6.08 Å².